The van der Waals surface area contributed by atoms with Crippen LogP contribution in [-0.2, 0) is 0 Å². The zero-order valence-corrected chi connectivity index (χ0v) is 12.7. The van der Waals surface area contributed by atoms with Crippen LogP contribution in [0.2, 0.25) is 0 Å². The Morgan fingerprint density at radius 2 is 2.00 bits per heavy atom. The van der Waals surface area contributed by atoms with Gasteiger partial charge in [-0.25, -0.2) is 0 Å². The summed E-state index contributed by atoms with van der Waals surface area (Å²) in [6.45, 7) is 6.76. The number of hydrogen-bond acceptors (Lipinski definition) is 2. The number of fused-ring (bicyclic) bond motifs is 1. The second kappa shape index (κ2) is 5.25. The molecule has 1 aliphatic rings. The van der Waals surface area contributed by atoms with E-state index in [4.69, 9.17) is 10.2 Å². The molecular weight excluding hydrogens is 246 g/mol. The molecule has 2 nitrogen and oxygen atoms in total. The van der Waals surface area contributed by atoms with Crippen molar-refractivity contribution in [3.63, 3.8) is 0 Å². The van der Waals surface area contributed by atoms with Gasteiger partial charge in [-0.05, 0) is 56.2 Å². The molecule has 1 aromatic heterocycles. The van der Waals surface area contributed by atoms with Gasteiger partial charge in [0.25, 0.3) is 0 Å². The predicted octanol–water partition coefficient (Wildman–Crippen LogP) is 4.61. The molecule has 0 aliphatic heterocycles. The standard InChI is InChI=1S/C18H25NO/c1-11(2)13-5-6-16(19)15(9-13)18-10-14-8-12(3)4-7-17(14)20-18/h4,7-8,10-11,13,15-16H,5-6,9,19H2,1-3H3. The Hall–Kier alpha value is -1.28. The fourth-order valence-corrected chi connectivity index (χ4v) is 3.53. The Morgan fingerprint density at radius 3 is 2.75 bits per heavy atom. The SMILES string of the molecule is Cc1ccc2oc(C3CC(C(C)C)CCC3N)cc2c1. The van der Waals surface area contributed by atoms with Crippen LogP contribution in [0.1, 0.15) is 50.4 Å². The van der Waals surface area contributed by atoms with E-state index in [1.807, 2.05) is 0 Å². The highest BCUT2D eigenvalue weighted by Crippen LogP contribution is 2.40. The maximum Gasteiger partial charge on any atom is 0.134 e. The van der Waals surface area contributed by atoms with Crippen molar-refractivity contribution in [1.29, 1.82) is 0 Å². The highest BCUT2D eigenvalue weighted by Gasteiger charge is 2.32. The highest BCUT2D eigenvalue weighted by molar-refractivity contribution is 5.78. The van der Waals surface area contributed by atoms with Crippen molar-refractivity contribution in [1.82, 2.24) is 0 Å². The Morgan fingerprint density at radius 1 is 1.20 bits per heavy atom. The minimum atomic E-state index is 0.242. The molecule has 108 valence electrons. The Kier molecular flexibility index (Phi) is 3.59. The molecule has 0 saturated heterocycles. The molecular formula is C18H25NO. The van der Waals surface area contributed by atoms with Crippen molar-refractivity contribution in [3.05, 3.63) is 35.6 Å². The maximum atomic E-state index is 6.37. The molecule has 1 aliphatic carbocycles. The topological polar surface area (TPSA) is 39.2 Å². The van der Waals surface area contributed by atoms with Crippen molar-refractivity contribution in [2.24, 2.45) is 17.6 Å². The molecule has 2 aromatic rings. The lowest BCUT2D eigenvalue weighted by atomic mass is 9.73. The Balaban J connectivity index is 1.92. The van der Waals surface area contributed by atoms with Gasteiger partial charge in [0, 0.05) is 17.3 Å². The molecule has 3 unspecified atom stereocenters. The van der Waals surface area contributed by atoms with E-state index in [2.05, 4.69) is 45.0 Å². The largest absolute Gasteiger partial charge is 0.461 e. The summed E-state index contributed by atoms with van der Waals surface area (Å²) in [6.07, 6.45) is 3.54. The van der Waals surface area contributed by atoms with Crippen LogP contribution >= 0.6 is 0 Å². The van der Waals surface area contributed by atoms with Crippen LogP contribution in [0.15, 0.2) is 28.7 Å². The van der Waals surface area contributed by atoms with Gasteiger partial charge in [-0.15, -0.1) is 0 Å². The molecule has 1 aromatic carbocycles. The van der Waals surface area contributed by atoms with Crippen molar-refractivity contribution >= 4 is 11.0 Å². The van der Waals surface area contributed by atoms with Crippen LogP contribution in [0.3, 0.4) is 0 Å². The van der Waals surface area contributed by atoms with E-state index in [1.54, 1.807) is 0 Å². The van der Waals surface area contributed by atoms with Gasteiger partial charge in [-0.3, -0.25) is 0 Å². The molecule has 0 bridgehead atoms. The van der Waals surface area contributed by atoms with Gasteiger partial charge < -0.3 is 10.2 Å². The first-order valence-corrected chi connectivity index (χ1v) is 7.80. The van der Waals surface area contributed by atoms with Crippen LogP contribution in [0, 0.1) is 18.8 Å². The first-order valence-electron chi connectivity index (χ1n) is 7.80. The predicted molar refractivity (Wildman–Crippen MR) is 83.8 cm³/mol. The summed E-state index contributed by atoms with van der Waals surface area (Å²) in [5.41, 5.74) is 8.63. The highest BCUT2D eigenvalue weighted by atomic mass is 16.3. The summed E-state index contributed by atoms with van der Waals surface area (Å²) in [7, 11) is 0. The fraction of sp³-hybridized carbons (Fsp3) is 0.556. The van der Waals surface area contributed by atoms with Gasteiger partial charge in [0.2, 0.25) is 0 Å². The van der Waals surface area contributed by atoms with Gasteiger partial charge in [0.05, 0.1) is 0 Å². The summed E-state index contributed by atoms with van der Waals surface area (Å²) in [5, 5.41) is 1.21. The van der Waals surface area contributed by atoms with Crippen LogP contribution in [0.25, 0.3) is 11.0 Å². The lowest BCUT2D eigenvalue weighted by Gasteiger charge is -2.35. The molecule has 1 fully saturated rings. The molecule has 0 spiro atoms. The van der Waals surface area contributed by atoms with Crippen molar-refractivity contribution < 1.29 is 4.42 Å². The normalized spacial score (nSPS) is 27.4. The zero-order chi connectivity index (χ0) is 14.3. The number of furan rings is 1. The average Bonchev–Trinajstić information content (AvgIpc) is 2.81. The second-order valence-electron chi connectivity index (χ2n) is 6.78. The smallest absolute Gasteiger partial charge is 0.134 e. The number of hydrogen-bond donors (Lipinski definition) is 1. The molecule has 1 saturated carbocycles. The lowest BCUT2D eigenvalue weighted by molar-refractivity contribution is 0.218. The molecule has 2 heteroatoms. The number of nitrogens with two attached hydrogens (primary N) is 1. The van der Waals surface area contributed by atoms with Crippen LogP contribution in [0.5, 0.6) is 0 Å². The van der Waals surface area contributed by atoms with Crippen LogP contribution < -0.4 is 5.73 Å². The third-order valence-corrected chi connectivity index (χ3v) is 4.94. The van der Waals surface area contributed by atoms with Gasteiger partial charge in [0.15, 0.2) is 0 Å². The minimum Gasteiger partial charge on any atom is -0.461 e. The van der Waals surface area contributed by atoms with E-state index >= 15 is 0 Å². The third-order valence-electron chi connectivity index (χ3n) is 4.94. The van der Waals surface area contributed by atoms with Crippen molar-refractivity contribution in [2.45, 2.75) is 52.0 Å². The van der Waals surface area contributed by atoms with Gasteiger partial charge in [-0.1, -0.05) is 25.5 Å². The summed E-state index contributed by atoms with van der Waals surface area (Å²) in [4.78, 5) is 0. The van der Waals surface area contributed by atoms with E-state index in [1.165, 1.54) is 17.4 Å². The van der Waals surface area contributed by atoms with E-state index in [0.29, 0.717) is 5.92 Å². The quantitative estimate of drug-likeness (QED) is 0.866. The summed E-state index contributed by atoms with van der Waals surface area (Å²) in [6, 6.07) is 8.81. The molecule has 1 heterocycles. The van der Waals surface area contributed by atoms with E-state index in [9.17, 15) is 0 Å². The molecule has 3 atom stereocenters. The van der Waals surface area contributed by atoms with Gasteiger partial charge in [-0.2, -0.15) is 0 Å². The van der Waals surface area contributed by atoms with E-state index < -0.39 is 0 Å². The molecule has 0 amide bonds. The maximum absolute atomic E-state index is 6.37. The number of aryl methyl sites for hydroxylation is 1. The lowest BCUT2D eigenvalue weighted by Crippen LogP contribution is -2.35. The summed E-state index contributed by atoms with van der Waals surface area (Å²) in [5.74, 6) is 2.97. The van der Waals surface area contributed by atoms with Gasteiger partial charge in [0.1, 0.15) is 11.3 Å². The second-order valence-corrected chi connectivity index (χ2v) is 6.78. The molecule has 3 rings (SSSR count). The van der Waals surface area contributed by atoms with Crippen LogP contribution in [0.4, 0.5) is 0 Å². The first-order chi connectivity index (χ1) is 9.54. The average molecular weight is 271 g/mol. The fourth-order valence-electron chi connectivity index (χ4n) is 3.53. The van der Waals surface area contributed by atoms with E-state index in [0.717, 1.165) is 36.0 Å². The van der Waals surface area contributed by atoms with Crippen molar-refractivity contribution in [2.75, 3.05) is 0 Å². The summed E-state index contributed by atoms with van der Waals surface area (Å²) >= 11 is 0. The molecule has 0 radical (unpaired) electrons. The zero-order valence-electron chi connectivity index (χ0n) is 12.7. The number of benzene rings is 1. The number of rotatable bonds is 2. The minimum absolute atomic E-state index is 0.242. The van der Waals surface area contributed by atoms with Gasteiger partial charge >= 0.3 is 0 Å². The third kappa shape index (κ3) is 2.49. The molecule has 20 heavy (non-hydrogen) atoms. The Bertz CT molecular complexity index is 598. The van der Waals surface area contributed by atoms with Crippen LogP contribution in [-0.4, -0.2) is 6.04 Å². The van der Waals surface area contributed by atoms with Crippen molar-refractivity contribution in [3.8, 4) is 0 Å². The summed E-state index contributed by atoms with van der Waals surface area (Å²) < 4.78 is 6.08. The Labute approximate surface area is 121 Å². The first kappa shape index (κ1) is 13.7. The van der Waals surface area contributed by atoms with E-state index in [-0.39, 0.29) is 6.04 Å². The monoisotopic (exact) mass is 271 g/mol. The molecule has 2 N–H and O–H groups in total.